The summed E-state index contributed by atoms with van der Waals surface area (Å²) in [5.41, 5.74) is 0.545. The van der Waals surface area contributed by atoms with Crippen LogP contribution in [-0.2, 0) is 20.7 Å². The minimum Gasteiger partial charge on any atom is -0.469 e. The first-order valence-electron chi connectivity index (χ1n) is 8.59. The number of carbonyl (C=O) groups excluding carboxylic acids is 2. The van der Waals surface area contributed by atoms with Crippen LogP contribution in [0.3, 0.4) is 0 Å². The van der Waals surface area contributed by atoms with Crippen molar-refractivity contribution in [1.82, 2.24) is 4.90 Å². The Morgan fingerprint density at radius 1 is 1.08 bits per heavy atom. The third kappa shape index (κ3) is 4.62. The summed E-state index contributed by atoms with van der Waals surface area (Å²) in [6, 6.07) is 10.1. The van der Waals surface area contributed by atoms with Gasteiger partial charge in [0.1, 0.15) is 11.6 Å². The van der Waals surface area contributed by atoms with E-state index in [1.54, 1.807) is 41.5 Å². The van der Waals surface area contributed by atoms with Crippen LogP contribution < -0.4 is 4.90 Å². The van der Waals surface area contributed by atoms with E-state index in [0.29, 0.717) is 44.0 Å². The number of esters is 1. The Morgan fingerprint density at radius 2 is 1.85 bits per heavy atom. The number of aryl methyl sites for hydroxylation is 1. The zero-order valence-electron chi connectivity index (χ0n) is 14.4. The summed E-state index contributed by atoms with van der Waals surface area (Å²) in [5, 5.41) is 0. The van der Waals surface area contributed by atoms with E-state index in [9.17, 15) is 14.0 Å². The van der Waals surface area contributed by atoms with Gasteiger partial charge in [-0.1, -0.05) is 12.1 Å². The number of anilines is 1. The number of para-hydroxylation sites is 1. The Hall–Kier alpha value is -2.83. The van der Waals surface area contributed by atoms with Crippen molar-refractivity contribution in [3.05, 3.63) is 54.2 Å². The lowest BCUT2D eigenvalue weighted by molar-refractivity contribution is -0.152. The number of hydrogen-bond acceptors (Lipinski definition) is 5. The molecule has 26 heavy (non-hydrogen) atoms. The second-order valence-electron chi connectivity index (χ2n) is 6.06. The molecule has 1 fully saturated rings. The van der Waals surface area contributed by atoms with E-state index in [1.807, 2.05) is 4.90 Å². The molecule has 0 unspecified atom stereocenters. The van der Waals surface area contributed by atoms with Crippen LogP contribution in [-0.4, -0.2) is 49.6 Å². The van der Waals surface area contributed by atoms with Gasteiger partial charge in [0.25, 0.3) is 5.91 Å². The number of carbonyl (C=O) groups is 2. The van der Waals surface area contributed by atoms with Crippen LogP contribution in [0, 0.1) is 5.82 Å². The molecule has 138 valence electrons. The van der Waals surface area contributed by atoms with Crippen LogP contribution in [0.5, 0.6) is 0 Å². The van der Waals surface area contributed by atoms with Crippen molar-refractivity contribution in [1.29, 1.82) is 0 Å². The van der Waals surface area contributed by atoms with Crippen LogP contribution in [0.1, 0.15) is 12.2 Å². The molecule has 0 spiro atoms. The predicted octanol–water partition coefficient (Wildman–Crippen LogP) is 2.24. The molecule has 2 aromatic rings. The zero-order valence-corrected chi connectivity index (χ0v) is 14.4. The Balaban J connectivity index is 1.39. The Morgan fingerprint density at radius 3 is 2.54 bits per heavy atom. The lowest BCUT2D eigenvalue weighted by Gasteiger charge is -2.36. The fourth-order valence-corrected chi connectivity index (χ4v) is 2.89. The van der Waals surface area contributed by atoms with Crippen molar-refractivity contribution < 1.29 is 23.1 Å². The van der Waals surface area contributed by atoms with Crippen LogP contribution in [0.25, 0.3) is 0 Å². The first-order valence-corrected chi connectivity index (χ1v) is 8.59. The van der Waals surface area contributed by atoms with E-state index in [1.165, 1.54) is 6.07 Å². The maximum atomic E-state index is 13.8. The maximum absolute atomic E-state index is 13.8. The summed E-state index contributed by atoms with van der Waals surface area (Å²) >= 11 is 0. The van der Waals surface area contributed by atoms with E-state index >= 15 is 0 Å². The summed E-state index contributed by atoms with van der Waals surface area (Å²) in [5.74, 6) is -0.223. The molecular weight excluding hydrogens is 339 g/mol. The van der Waals surface area contributed by atoms with E-state index in [0.717, 1.165) is 0 Å². The number of halogens is 1. The van der Waals surface area contributed by atoms with Crippen molar-refractivity contribution in [2.45, 2.75) is 12.8 Å². The summed E-state index contributed by atoms with van der Waals surface area (Å²) in [7, 11) is 0. The van der Waals surface area contributed by atoms with Crippen LogP contribution >= 0.6 is 0 Å². The van der Waals surface area contributed by atoms with Crippen molar-refractivity contribution in [3.63, 3.8) is 0 Å². The smallest absolute Gasteiger partial charge is 0.306 e. The molecule has 7 heteroatoms. The monoisotopic (exact) mass is 360 g/mol. The summed E-state index contributed by atoms with van der Waals surface area (Å²) in [4.78, 5) is 27.4. The van der Waals surface area contributed by atoms with Gasteiger partial charge in [0.2, 0.25) is 0 Å². The van der Waals surface area contributed by atoms with Gasteiger partial charge in [0.05, 0.1) is 18.4 Å². The molecule has 0 radical (unpaired) electrons. The van der Waals surface area contributed by atoms with Gasteiger partial charge in [0.15, 0.2) is 6.61 Å². The topological polar surface area (TPSA) is 63.0 Å². The van der Waals surface area contributed by atoms with Gasteiger partial charge in [-0.05, 0) is 24.3 Å². The number of ether oxygens (including phenoxy) is 1. The lowest BCUT2D eigenvalue weighted by atomic mass is 10.2. The number of furan rings is 1. The maximum Gasteiger partial charge on any atom is 0.306 e. The highest BCUT2D eigenvalue weighted by atomic mass is 19.1. The van der Waals surface area contributed by atoms with Gasteiger partial charge in [-0.25, -0.2) is 4.39 Å². The van der Waals surface area contributed by atoms with E-state index in [-0.39, 0.29) is 24.8 Å². The number of piperazine rings is 1. The number of nitrogens with zero attached hydrogens (tertiary/aromatic N) is 2. The average Bonchev–Trinajstić information content (AvgIpc) is 3.18. The number of amides is 1. The third-order valence-corrected chi connectivity index (χ3v) is 4.34. The highest BCUT2D eigenvalue weighted by Crippen LogP contribution is 2.20. The highest BCUT2D eigenvalue weighted by Gasteiger charge is 2.23. The first kappa shape index (κ1) is 18.0. The molecule has 1 aliphatic rings. The number of benzene rings is 1. The minimum atomic E-state index is -0.431. The molecule has 0 bridgehead atoms. The molecule has 0 aliphatic carbocycles. The molecule has 1 saturated heterocycles. The molecule has 1 aliphatic heterocycles. The summed E-state index contributed by atoms with van der Waals surface area (Å²) < 4.78 is 24.0. The van der Waals surface area contributed by atoms with Crippen LogP contribution in [0.2, 0.25) is 0 Å². The Bertz CT molecular complexity index is 740. The molecule has 0 atom stereocenters. The fourth-order valence-electron chi connectivity index (χ4n) is 2.89. The van der Waals surface area contributed by atoms with E-state index < -0.39 is 5.97 Å². The summed E-state index contributed by atoms with van der Waals surface area (Å²) in [6.07, 6.45) is 2.16. The lowest BCUT2D eigenvalue weighted by Crippen LogP contribution is -2.50. The molecular formula is C19H21FN2O4. The second-order valence-corrected chi connectivity index (χ2v) is 6.06. The van der Waals surface area contributed by atoms with Crippen molar-refractivity contribution in [2.24, 2.45) is 0 Å². The van der Waals surface area contributed by atoms with Crippen LogP contribution in [0.15, 0.2) is 47.1 Å². The van der Waals surface area contributed by atoms with Gasteiger partial charge in [-0.15, -0.1) is 0 Å². The van der Waals surface area contributed by atoms with Crippen molar-refractivity contribution in [3.8, 4) is 0 Å². The van der Waals surface area contributed by atoms with Gasteiger partial charge in [-0.2, -0.15) is 0 Å². The fraction of sp³-hybridized carbons (Fsp3) is 0.368. The molecule has 0 saturated carbocycles. The van der Waals surface area contributed by atoms with Gasteiger partial charge >= 0.3 is 5.97 Å². The van der Waals surface area contributed by atoms with Crippen molar-refractivity contribution in [2.75, 3.05) is 37.7 Å². The highest BCUT2D eigenvalue weighted by molar-refractivity contribution is 5.81. The molecule has 3 rings (SSSR count). The normalized spacial score (nSPS) is 14.3. The van der Waals surface area contributed by atoms with Gasteiger partial charge < -0.3 is 19.0 Å². The predicted molar refractivity (Wildman–Crippen MR) is 93.2 cm³/mol. The summed E-state index contributed by atoms with van der Waals surface area (Å²) in [6.45, 7) is 1.75. The standard InChI is InChI=1S/C19H21FN2O4/c20-16-5-1-2-6-17(16)21-9-11-22(12-10-21)18(23)14-26-19(24)8-7-15-4-3-13-25-15/h1-6,13H,7-12,14H2. The van der Waals surface area contributed by atoms with Crippen LogP contribution in [0.4, 0.5) is 10.1 Å². The Kier molecular flexibility index (Phi) is 5.88. The molecule has 1 aromatic heterocycles. The van der Waals surface area contributed by atoms with E-state index in [2.05, 4.69) is 0 Å². The molecule has 1 amide bonds. The first-order chi connectivity index (χ1) is 12.6. The quantitative estimate of drug-likeness (QED) is 0.740. The van der Waals surface area contributed by atoms with E-state index in [4.69, 9.17) is 9.15 Å². The largest absolute Gasteiger partial charge is 0.469 e. The van der Waals surface area contributed by atoms with Gasteiger partial charge in [0, 0.05) is 32.6 Å². The Labute approximate surface area is 151 Å². The zero-order chi connectivity index (χ0) is 18.4. The number of rotatable bonds is 6. The third-order valence-electron chi connectivity index (χ3n) is 4.34. The minimum absolute atomic E-state index is 0.169. The molecule has 2 heterocycles. The molecule has 1 aromatic carbocycles. The molecule has 6 nitrogen and oxygen atoms in total. The second kappa shape index (κ2) is 8.51. The van der Waals surface area contributed by atoms with Crippen molar-refractivity contribution >= 4 is 17.6 Å². The average molecular weight is 360 g/mol. The molecule has 0 N–H and O–H groups in total. The SMILES string of the molecule is O=C(CCc1ccco1)OCC(=O)N1CCN(c2ccccc2F)CC1. The van der Waals surface area contributed by atoms with Gasteiger partial charge in [-0.3, -0.25) is 9.59 Å². The number of hydrogen-bond donors (Lipinski definition) is 0.